The van der Waals surface area contributed by atoms with Crippen molar-refractivity contribution >= 4 is 23.6 Å². The third-order valence-electron chi connectivity index (χ3n) is 6.15. The molecule has 0 unspecified atom stereocenters. The van der Waals surface area contributed by atoms with Crippen LogP contribution in [0.25, 0.3) is 0 Å². The molecule has 1 aliphatic heterocycles. The van der Waals surface area contributed by atoms with Crippen LogP contribution >= 0.6 is 0 Å². The quantitative estimate of drug-likeness (QED) is 0.343. The van der Waals surface area contributed by atoms with Crippen LogP contribution in [-0.4, -0.2) is 28.8 Å². The maximum atomic E-state index is 13.5. The van der Waals surface area contributed by atoms with Crippen LogP contribution in [0.1, 0.15) is 33.3 Å². The molecule has 192 valence electrons. The Labute approximate surface area is 218 Å². The Morgan fingerprint density at radius 1 is 0.895 bits per heavy atom. The standard InChI is InChI=1S/C29H24FN3O5/c30-22-13-11-19(12-14-22)17-31-28(35)25-26(38-29(36)33(25)18-20-6-2-1-3-7-20)21-8-4-9-23(16-21)32-27(34)24-10-5-15-37-24/h1-16,25-26H,17-18H2,(H,31,35)(H,32,34)/t25-,26+/m1/s1. The number of anilines is 1. The van der Waals surface area contributed by atoms with Crippen LogP contribution < -0.4 is 10.6 Å². The Kier molecular flexibility index (Phi) is 7.17. The monoisotopic (exact) mass is 513 g/mol. The molecule has 38 heavy (non-hydrogen) atoms. The van der Waals surface area contributed by atoms with Crippen molar-refractivity contribution in [1.82, 2.24) is 10.2 Å². The van der Waals surface area contributed by atoms with Crippen LogP contribution in [0.15, 0.2) is 102 Å². The first-order chi connectivity index (χ1) is 18.5. The van der Waals surface area contributed by atoms with Gasteiger partial charge in [0, 0.05) is 12.2 Å². The molecule has 0 bridgehead atoms. The van der Waals surface area contributed by atoms with Gasteiger partial charge in [-0.05, 0) is 53.1 Å². The van der Waals surface area contributed by atoms with E-state index in [0.717, 1.165) is 5.56 Å². The van der Waals surface area contributed by atoms with Crippen molar-refractivity contribution in [3.8, 4) is 0 Å². The summed E-state index contributed by atoms with van der Waals surface area (Å²) in [5.41, 5.74) is 2.53. The molecule has 9 heteroatoms. The van der Waals surface area contributed by atoms with E-state index in [1.807, 2.05) is 30.3 Å². The maximum absolute atomic E-state index is 13.5. The first-order valence-electron chi connectivity index (χ1n) is 12.0. The smallest absolute Gasteiger partial charge is 0.411 e. The van der Waals surface area contributed by atoms with Gasteiger partial charge in [-0.25, -0.2) is 9.18 Å². The van der Waals surface area contributed by atoms with Crippen molar-refractivity contribution in [3.63, 3.8) is 0 Å². The van der Waals surface area contributed by atoms with Gasteiger partial charge < -0.3 is 19.8 Å². The van der Waals surface area contributed by atoms with Crippen molar-refractivity contribution in [2.45, 2.75) is 25.2 Å². The summed E-state index contributed by atoms with van der Waals surface area (Å²) in [6, 6.07) is 24.0. The van der Waals surface area contributed by atoms with Crippen molar-refractivity contribution in [1.29, 1.82) is 0 Å². The van der Waals surface area contributed by atoms with E-state index in [-0.39, 0.29) is 24.7 Å². The zero-order chi connectivity index (χ0) is 26.5. The van der Waals surface area contributed by atoms with Gasteiger partial charge in [-0.15, -0.1) is 0 Å². The first-order valence-corrected chi connectivity index (χ1v) is 12.0. The van der Waals surface area contributed by atoms with Gasteiger partial charge in [-0.1, -0.05) is 54.6 Å². The average Bonchev–Trinajstić information content (AvgIpc) is 3.58. The number of halogens is 1. The Morgan fingerprint density at radius 3 is 2.42 bits per heavy atom. The lowest BCUT2D eigenvalue weighted by Gasteiger charge is -2.24. The van der Waals surface area contributed by atoms with Gasteiger partial charge in [0.2, 0.25) is 5.91 Å². The number of carbonyl (C=O) groups excluding carboxylic acids is 3. The summed E-state index contributed by atoms with van der Waals surface area (Å²) < 4.78 is 24.1. The Morgan fingerprint density at radius 2 is 1.68 bits per heavy atom. The second kappa shape index (κ2) is 11.0. The second-order valence-electron chi connectivity index (χ2n) is 8.76. The minimum Gasteiger partial charge on any atom is -0.459 e. The summed E-state index contributed by atoms with van der Waals surface area (Å²) in [5, 5.41) is 5.59. The minimum atomic E-state index is -0.987. The lowest BCUT2D eigenvalue weighted by atomic mass is 10.00. The summed E-state index contributed by atoms with van der Waals surface area (Å²) in [5.74, 6) is -1.08. The number of nitrogens with one attached hydrogen (secondary N) is 2. The first kappa shape index (κ1) is 24.8. The number of benzene rings is 3. The number of rotatable bonds is 8. The van der Waals surface area contributed by atoms with Crippen LogP contribution in [0.3, 0.4) is 0 Å². The molecule has 3 amide bonds. The Hall–Kier alpha value is -4.92. The van der Waals surface area contributed by atoms with E-state index >= 15 is 0 Å². The molecule has 1 fully saturated rings. The molecule has 3 aromatic carbocycles. The van der Waals surface area contributed by atoms with E-state index < -0.39 is 30.1 Å². The van der Waals surface area contributed by atoms with Crippen LogP contribution in [0.2, 0.25) is 0 Å². The van der Waals surface area contributed by atoms with Gasteiger partial charge in [0.05, 0.1) is 12.8 Å². The highest BCUT2D eigenvalue weighted by atomic mass is 19.1. The van der Waals surface area contributed by atoms with Crippen LogP contribution in [0, 0.1) is 5.82 Å². The lowest BCUT2D eigenvalue weighted by Crippen LogP contribution is -2.46. The number of hydrogen-bond acceptors (Lipinski definition) is 5. The van der Waals surface area contributed by atoms with Crippen molar-refractivity contribution < 1.29 is 27.9 Å². The molecule has 2 N–H and O–H groups in total. The summed E-state index contributed by atoms with van der Waals surface area (Å²) in [4.78, 5) is 40.3. The molecule has 0 spiro atoms. The van der Waals surface area contributed by atoms with Gasteiger partial charge in [0.25, 0.3) is 5.91 Å². The number of hydrogen-bond donors (Lipinski definition) is 2. The summed E-state index contributed by atoms with van der Waals surface area (Å²) in [7, 11) is 0. The second-order valence-corrected chi connectivity index (χ2v) is 8.76. The van der Waals surface area contributed by atoms with Crippen LogP contribution in [-0.2, 0) is 22.6 Å². The van der Waals surface area contributed by atoms with Crippen molar-refractivity contribution in [2.75, 3.05) is 5.32 Å². The fraction of sp³-hybridized carbons (Fsp3) is 0.138. The van der Waals surface area contributed by atoms with E-state index in [0.29, 0.717) is 16.8 Å². The molecule has 4 aromatic rings. The number of nitrogens with zero attached hydrogens (tertiary/aromatic N) is 1. The summed E-state index contributed by atoms with van der Waals surface area (Å²) in [6.45, 7) is 0.314. The van der Waals surface area contributed by atoms with Gasteiger partial charge in [-0.2, -0.15) is 0 Å². The van der Waals surface area contributed by atoms with Crippen molar-refractivity contribution in [2.24, 2.45) is 0 Å². The Balaban J connectivity index is 1.40. The third-order valence-corrected chi connectivity index (χ3v) is 6.15. The SMILES string of the molecule is O=C(Nc1cccc([C@@H]2OC(=O)N(Cc3ccccc3)[C@H]2C(=O)NCc2ccc(F)cc2)c1)c1ccco1. The molecule has 2 atom stereocenters. The molecule has 1 aliphatic rings. The summed E-state index contributed by atoms with van der Waals surface area (Å²) >= 11 is 0. The highest BCUT2D eigenvalue weighted by Gasteiger charge is 2.47. The zero-order valence-corrected chi connectivity index (χ0v) is 20.2. The Bertz CT molecular complexity index is 1420. The van der Waals surface area contributed by atoms with Gasteiger partial charge in [0.1, 0.15) is 5.82 Å². The highest BCUT2D eigenvalue weighted by molar-refractivity contribution is 6.02. The highest BCUT2D eigenvalue weighted by Crippen LogP contribution is 2.35. The molecule has 8 nitrogen and oxygen atoms in total. The van der Waals surface area contributed by atoms with Crippen LogP contribution in [0.5, 0.6) is 0 Å². The van der Waals surface area contributed by atoms with Gasteiger partial charge in [0.15, 0.2) is 17.9 Å². The number of cyclic esters (lactones) is 1. The van der Waals surface area contributed by atoms with Gasteiger partial charge >= 0.3 is 6.09 Å². The van der Waals surface area contributed by atoms with Crippen LogP contribution in [0.4, 0.5) is 14.9 Å². The normalized spacial score (nSPS) is 16.7. The molecule has 2 heterocycles. The van der Waals surface area contributed by atoms with E-state index in [9.17, 15) is 18.8 Å². The number of furan rings is 1. The average molecular weight is 514 g/mol. The van der Waals surface area contributed by atoms with E-state index in [1.165, 1.54) is 23.3 Å². The fourth-order valence-corrected chi connectivity index (χ4v) is 4.28. The topological polar surface area (TPSA) is 101 Å². The lowest BCUT2D eigenvalue weighted by molar-refractivity contribution is -0.126. The largest absolute Gasteiger partial charge is 0.459 e. The molecule has 1 aromatic heterocycles. The molecule has 0 aliphatic carbocycles. The predicted octanol–water partition coefficient (Wildman–Crippen LogP) is 5.05. The van der Waals surface area contributed by atoms with Crippen molar-refractivity contribution in [3.05, 3.63) is 126 Å². The third kappa shape index (κ3) is 5.57. The van der Waals surface area contributed by atoms with E-state index in [4.69, 9.17) is 9.15 Å². The van der Waals surface area contributed by atoms with Gasteiger partial charge in [-0.3, -0.25) is 14.5 Å². The number of amides is 3. The predicted molar refractivity (Wildman–Crippen MR) is 136 cm³/mol. The molecular formula is C29H24FN3O5. The van der Waals surface area contributed by atoms with E-state index in [1.54, 1.807) is 48.5 Å². The molecule has 5 rings (SSSR count). The molecule has 0 saturated carbocycles. The molecular weight excluding hydrogens is 489 g/mol. The number of carbonyl (C=O) groups is 3. The minimum absolute atomic E-state index is 0.148. The summed E-state index contributed by atoms with van der Waals surface area (Å²) in [6.07, 6.45) is -0.162. The number of ether oxygens (including phenoxy) is 1. The fourth-order valence-electron chi connectivity index (χ4n) is 4.28. The van der Waals surface area contributed by atoms with E-state index in [2.05, 4.69) is 10.6 Å². The molecule has 0 radical (unpaired) electrons. The molecule has 1 saturated heterocycles. The zero-order valence-electron chi connectivity index (χ0n) is 20.2. The maximum Gasteiger partial charge on any atom is 0.411 e.